The van der Waals surface area contributed by atoms with E-state index in [2.05, 4.69) is 33.5 Å². The van der Waals surface area contributed by atoms with E-state index >= 15 is 0 Å². The maximum Gasteiger partial charge on any atom is 0.159 e. The molecule has 2 heterocycles. The van der Waals surface area contributed by atoms with Gasteiger partial charge in [0.15, 0.2) is 5.82 Å². The Kier molecular flexibility index (Phi) is 3.16. The van der Waals surface area contributed by atoms with E-state index in [4.69, 9.17) is 5.84 Å². The van der Waals surface area contributed by atoms with Crippen LogP contribution in [0.2, 0.25) is 0 Å². The Balaban J connectivity index is 1.94. The first kappa shape index (κ1) is 12.1. The molecule has 1 fully saturated rings. The van der Waals surface area contributed by atoms with Crippen LogP contribution in [-0.2, 0) is 6.42 Å². The number of hydrogen-bond acceptors (Lipinski definition) is 5. The molecule has 0 saturated heterocycles. The van der Waals surface area contributed by atoms with Gasteiger partial charge in [-0.2, -0.15) is 5.10 Å². The lowest BCUT2D eigenvalue weighted by Gasteiger charge is -2.07. The molecule has 1 aliphatic carbocycles. The first-order chi connectivity index (χ1) is 9.30. The van der Waals surface area contributed by atoms with Gasteiger partial charge in [0.1, 0.15) is 11.6 Å². The van der Waals surface area contributed by atoms with Crippen LogP contribution in [0.5, 0.6) is 0 Å². The standard InChI is InChI=1S/C13H18N6/c1-2-3-11-15-12(17-14)8-13(16-11)19-7-6-10(18-19)9-4-5-9/h6-9H,2-5,14H2,1H3,(H,15,16,17). The summed E-state index contributed by atoms with van der Waals surface area (Å²) in [6, 6.07) is 3.87. The predicted molar refractivity (Wildman–Crippen MR) is 72.9 cm³/mol. The van der Waals surface area contributed by atoms with Crippen LogP contribution in [0.25, 0.3) is 5.82 Å². The van der Waals surface area contributed by atoms with E-state index in [1.54, 1.807) is 4.68 Å². The molecule has 19 heavy (non-hydrogen) atoms. The van der Waals surface area contributed by atoms with Gasteiger partial charge in [0.2, 0.25) is 0 Å². The molecule has 0 unspecified atom stereocenters. The van der Waals surface area contributed by atoms with E-state index in [-0.39, 0.29) is 0 Å². The summed E-state index contributed by atoms with van der Waals surface area (Å²) in [6.45, 7) is 2.10. The average Bonchev–Trinajstić information content (AvgIpc) is 3.16. The average molecular weight is 258 g/mol. The molecule has 100 valence electrons. The fourth-order valence-electron chi connectivity index (χ4n) is 2.07. The summed E-state index contributed by atoms with van der Waals surface area (Å²) >= 11 is 0. The molecule has 6 nitrogen and oxygen atoms in total. The van der Waals surface area contributed by atoms with Crippen molar-refractivity contribution < 1.29 is 0 Å². The van der Waals surface area contributed by atoms with Crippen molar-refractivity contribution in [3.8, 4) is 5.82 Å². The highest BCUT2D eigenvalue weighted by Gasteiger charge is 2.26. The highest BCUT2D eigenvalue weighted by molar-refractivity contribution is 5.40. The Hall–Kier alpha value is -1.95. The second-order valence-electron chi connectivity index (χ2n) is 4.88. The Bertz CT molecular complexity index is 572. The van der Waals surface area contributed by atoms with Gasteiger partial charge in [-0.25, -0.2) is 20.5 Å². The zero-order valence-electron chi connectivity index (χ0n) is 11.0. The molecule has 6 heteroatoms. The molecule has 0 radical (unpaired) electrons. The highest BCUT2D eigenvalue weighted by Crippen LogP contribution is 2.38. The number of nitrogens with zero attached hydrogens (tertiary/aromatic N) is 4. The van der Waals surface area contributed by atoms with Crippen LogP contribution in [0.4, 0.5) is 5.82 Å². The van der Waals surface area contributed by atoms with Crippen molar-refractivity contribution in [2.45, 2.75) is 38.5 Å². The summed E-state index contributed by atoms with van der Waals surface area (Å²) in [5.74, 6) is 8.27. The third kappa shape index (κ3) is 2.58. The third-order valence-electron chi connectivity index (χ3n) is 3.22. The maximum atomic E-state index is 5.46. The molecule has 2 aromatic heterocycles. The van der Waals surface area contributed by atoms with Crippen molar-refractivity contribution in [1.82, 2.24) is 19.7 Å². The lowest BCUT2D eigenvalue weighted by molar-refractivity contribution is 0.772. The van der Waals surface area contributed by atoms with Crippen LogP contribution in [0.15, 0.2) is 18.3 Å². The Morgan fingerprint density at radius 3 is 2.95 bits per heavy atom. The number of aromatic nitrogens is 4. The van der Waals surface area contributed by atoms with E-state index in [1.165, 1.54) is 12.8 Å². The Morgan fingerprint density at radius 2 is 2.26 bits per heavy atom. The Labute approximate surface area is 112 Å². The molecular formula is C13H18N6. The van der Waals surface area contributed by atoms with Crippen molar-refractivity contribution in [3.05, 3.63) is 29.8 Å². The third-order valence-corrected chi connectivity index (χ3v) is 3.22. The summed E-state index contributed by atoms with van der Waals surface area (Å²) in [5.41, 5.74) is 3.74. The van der Waals surface area contributed by atoms with Crippen molar-refractivity contribution in [1.29, 1.82) is 0 Å². The minimum atomic E-state index is 0.622. The molecule has 2 aromatic rings. The number of anilines is 1. The van der Waals surface area contributed by atoms with Crippen LogP contribution in [-0.4, -0.2) is 19.7 Å². The number of rotatable bonds is 5. The van der Waals surface area contributed by atoms with Gasteiger partial charge in [-0.05, 0) is 25.3 Å². The number of aryl methyl sites for hydroxylation is 1. The molecule has 1 aliphatic rings. The largest absolute Gasteiger partial charge is 0.308 e. The van der Waals surface area contributed by atoms with Gasteiger partial charge in [-0.15, -0.1) is 0 Å². The molecule has 0 bridgehead atoms. The molecule has 3 N–H and O–H groups in total. The Morgan fingerprint density at radius 1 is 1.42 bits per heavy atom. The van der Waals surface area contributed by atoms with Gasteiger partial charge in [-0.3, -0.25) is 0 Å². The summed E-state index contributed by atoms with van der Waals surface area (Å²) in [7, 11) is 0. The van der Waals surface area contributed by atoms with Crippen LogP contribution in [0, 0.1) is 0 Å². The van der Waals surface area contributed by atoms with E-state index in [1.807, 2.05) is 12.3 Å². The summed E-state index contributed by atoms with van der Waals surface area (Å²) < 4.78 is 1.80. The first-order valence-electron chi connectivity index (χ1n) is 6.70. The van der Waals surface area contributed by atoms with E-state index in [0.29, 0.717) is 11.7 Å². The number of hydrogen-bond donors (Lipinski definition) is 2. The zero-order chi connectivity index (χ0) is 13.2. The van der Waals surface area contributed by atoms with Crippen molar-refractivity contribution in [2.75, 3.05) is 5.43 Å². The molecule has 0 aromatic carbocycles. The second-order valence-corrected chi connectivity index (χ2v) is 4.88. The van der Waals surface area contributed by atoms with Crippen LogP contribution in [0.1, 0.15) is 43.6 Å². The summed E-state index contributed by atoms with van der Waals surface area (Å²) in [6.07, 6.45) is 6.28. The van der Waals surface area contributed by atoms with Gasteiger partial charge < -0.3 is 5.43 Å². The normalized spacial score (nSPS) is 14.6. The summed E-state index contributed by atoms with van der Waals surface area (Å²) in [5, 5.41) is 4.58. The van der Waals surface area contributed by atoms with Gasteiger partial charge in [0.25, 0.3) is 0 Å². The summed E-state index contributed by atoms with van der Waals surface area (Å²) in [4.78, 5) is 8.86. The van der Waals surface area contributed by atoms with Crippen molar-refractivity contribution >= 4 is 5.82 Å². The number of nitrogens with one attached hydrogen (secondary N) is 1. The maximum absolute atomic E-state index is 5.46. The molecule has 0 aliphatic heterocycles. The van der Waals surface area contributed by atoms with Crippen molar-refractivity contribution in [2.24, 2.45) is 5.84 Å². The number of hydrazine groups is 1. The number of nitrogen functional groups attached to an aromatic ring is 1. The van der Waals surface area contributed by atoms with Crippen LogP contribution >= 0.6 is 0 Å². The molecule has 1 saturated carbocycles. The highest BCUT2D eigenvalue weighted by atomic mass is 15.3. The lowest BCUT2D eigenvalue weighted by atomic mass is 10.3. The van der Waals surface area contributed by atoms with Gasteiger partial charge in [0.05, 0.1) is 5.69 Å². The quantitative estimate of drug-likeness (QED) is 0.631. The monoisotopic (exact) mass is 258 g/mol. The molecule has 3 rings (SSSR count). The fourth-order valence-corrected chi connectivity index (χ4v) is 2.07. The van der Waals surface area contributed by atoms with Crippen LogP contribution in [0.3, 0.4) is 0 Å². The van der Waals surface area contributed by atoms with E-state index in [9.17, 15) is 0 Å². The lowest BCUT2D eigenvalue weighted by Crippen LogP contribution is -2.12. The van der Waals surface area contributed by atoms with E-state index in [0.717, 1.165) is 30.2 Å². The zero-order valence-corrected chi connectivity index (χ0v) is 11.0. The molecular weight excluding hydrogens is 240 g/mol. The van der Waals surface area contributed by atoms with Crippen molar-refractivity contribution in [3.63, 3.8) is 0 Å². The topological polar surface area (TPSA) is 81.6 Å². The smallest absolute Gasteiger partial charge is 0.159 e. The van der Waals surface area contributed by atoms with Gasteiger partial charge in [-0.1, -0.05) is 6.92 Å². The fraction of sp³-hybridized carbons (Fsp3) is 0.462. The SMILES string of the molecule is CCCc1nc(NN)cc(-n2ccc(C3CC3)n2)n1. The number of nitrogens with two attached hydrogens (primary N) is 1. The minimum absolute atomic E-state index is 0.622. The van der Waals surface area contributed by atoms with Gasteiger partial charge >= 0.3 is 0 Å². The molecule has 0 spiro atoms. The first-order valence-corrected chi connectivity index (χ1v) is 6.70. The van der Waals surface area contributed by atoms with E-state index < -0.39 is 0 Å². The minimum Gasteiger partial charge on any atom is -0.308 e. The predicted octanol–water partition coefficient (Wildman–Crippen LogP) is 1.78. The van der Waals surface area contributed by atoms with Crippen LogP contribution < -0.4 is 11.3 Å². The van der Waals surface area contributed by atoms with Gasteiger partial charge in [0, 0.05) is 24.6 Å². The second kappa shape index (κ2) is 4.97. The molecule has 0 amide bonds. The molecule has 0 atom stereocenters.